The van der Waals surface area contributed by atoms with Crippen molar-refractivity contribution in [2.24, 2.45) is 0 Å². The monoisotopic (exact) mass is 503 g/mol. The molecule has 2 rings (SSSR count). The molecule has 2 N–H and O–H groups in total. The lowest BCUT2D eigenvalue weighted by molar-refractivity contribution is -0.133. The van der Waals surface area contributed by atoms with Gasteiger partial charge in [0.15, 0.2) is 0 Å². The molecule has 0 aromatic heterocycles. The highest BCUT2D eigenvalue weighted by Gasteiger charge is 2.34. The lowest BCUT2D eigenvalue weighted by Crippen LogP contribution is -2.50. The molecule has 1 fully saturated rings. The summed E-state index contributed by atoms with van der Waals surface area (Å²) in [6.07, 6.45) is 2.72. The number of benzene rings is 1. The zero-order valence-corrected chi connectivity index (χ0v) is 20.4. The molecule has 0 unspecified atom stereocenters. The SMILES string of the molecule is CC(C)(C)OC(=O)N[C@@H](CCCCNc1ccc(C#N)cc1Br)C(=O)N1CCC[C@H]1C#N. The molecule has 1 heterocycles. The van der Waals surface area contributed by atoms with Crippen molar-refractivity contribution in [2.45, 2.75) is 70.6 Å². The number of halogens is 1. The summed E-state index contributed by atoms with van der Waals surface area (Å²) in [6.45, 7) is 6.49. The first-order valence-corrected chi connectivity index (χ1v) is 11.6. The van der Waals surface area contributed by atoms with Crippen LogP contribution in [0.4, 0.5) is 10.5 Å². The van der Waals surface area contributed by atoms with Gasteiger partial charge >= 0.3 is 6.09 Å². The smallest absolute Gasteiger partial charge is 0.408 e. The van der Waals surface area contributed by atoms with Crippen LogP contribution in [-0.4, -0.2) is 47.7 Å². The summed E-state index contributed by atoms with van der Waals surface area (Å²) < 4.78 is 6.14. The standard InChI is InChI=1S/C23H30BrN5O3/c1-23(2,3)32-22(31)28-20(21(30)29-12-6-7-17(29)15-26)8-4-5-11-27-19-10-9-16(14-25)13-18(19)24/h9-10,13,17,20,27H,4-8,11-12H2,1-3H3,(H,28,31)/t17-,20-/m0/s1. The molecule has 0 radical (unpaired) electrons. The van der Waals surface area contributed by atoms with Crippen molar-refractivity contribution < 1.29 is 14.3 Å². The Morgan fingerprint density at radius 1 is 1.31 bits per heavy atom. The Hall–Kier alpha value is -2.78. The van der Waals surface area contributed by atoms with Crippen molar-refractivity contribution in [3.8, 4) is 12.1 Å². The van der Waals surface area contributed by atoms with Crippen LogP contribution >= 0.6 is 15.9 Å². The van der Waals surface area contributed by atoms with E-state index in [1.807, 2.05) is 6.07 Å². The van der Waals surface area contributed by atoms with E-state index in [9.17, 15) is 14.9 Å². The molecule has 32 heavy (non-hydrogen) atoms. The Kier molecular flexibility index (Phi) is 9.34. The zero-order chi connectivity index (χ0) is 23.7. The third kappa shape index (κ3) is 7.72. The number of carbonyl (C=O) groups excluding carboxylic acids is 2. The Morgan fingerprint density at radius 3 is 2.69 bits per heavy atom. The highest BCUT2D eigenvalue weighted by molar-refractivity contribution is 9.10. The normalized spacial score (nSPS) is 16.6. The third-order valence-corrected chi connectivity index (χ3v) is 5.66. The van der Waals surface area contributed by atoms with Gasteiger partial charge in [-0.15, -0.1) is 0 Å². The van der Waals surface area contributed by atoms with E-state index in [-0.39, 0.29) is 5.91 Å². The van der Waals surface area contributed by atoms with Gasteiger partial charge in [-0.1, -0.05) is 0 Å². The molecule has 0 spiro atoms. The van der Waals surface area contributed by atoms with Crippen LogP contribution in [0.15, 0.2) is 22.7 Å². The minimum absolute atomic E-state index is 0.234. The van der Waals surface area contributed by atoms with E-state index >= 15 is 0 Å². The van der Waals surface area contributed by atoms with E-state index in [2.05, 4.69) is 38.7 Å². The number of rotatable bonds is 8. The molecule has 1 aromatic rings. The quantitative estimate of drug-likeness (QED) is 0.510. The van der Waals surface area contributed by atoms with Crippen molar-refractivity contribution in [3.05, 3.63) is 28.2 Å². The number of carbonyl (C=O) groups is 2. The number of unbranched alkanes of at least 4 members (excludes halogenated alkanes) is 1. The molecule has 172 valence electrons. The number of hydrogen-bond donors (Lipinski definition) is 2. The molecule has 1 aliphatic heterocycles. The first kappa shape index (κ1) is 25.5. The number of nitriles is 2. The van der Waals surface area contributed by atoms with Crippen LogP contribution in [0.1, 0.15) is 58.4 Å². The fourth-order valence-corrected chi connectivity index (χ4v) is 4.02. The van der Waals surface area contributed by atoms with Crippen LogP contribution in [0.25, 0.3) is 0 Å². The first-order chi connectivity index (χ1) is 15.1. The molecule has 0 aliphatic carbocycles. The van der Waals surface area contributed by atoms with Crippen molar-refractivity contribution in [3.63, 3.8) is 0 Å². The molecular weight excluding hydrogens is 474 g/mol. The van der Waals surface area contributed by atoms with Gasteiger partial charge in [-0.05, 0) is 87.0 Å². The van der Waals surface area contributed by atoms with E-state index in [1.54, 1.807) is 37.8 Å². The van der Waals surface area contributed by atoms with Gasteiger partial charge in [-0.3, -0.25) is 4.79 Å². The van der Waals surface area contributed by atoms with Crippen LogP contribution in [0.5, 0.6) is 0 Å². The summed E-state index contributed by atoms with van der Waals surface area (Å²) in [4.78, 5) is 26.9. The van der Waals surface area contributed by atoms with Gasteiger partial charge < -0.3 is 20.3 Å². The number of ether oxygens (including phenoxy) is 1. The van der Waals surface area contributed by atoms with Crippen molar-refractivity contribution in [1.82, 2.24) is 10.2 Å². The lowest BCUT2D eigenvalue weighted by atomic mass is 10.1. The predicted octanol–water partition coefficient (Wildman–Crippen LogP) is 4.31. The maximum atomic E-state index is 13.1. The fraction of sp³-hybridized carbons (Fsp3) is 0.565. The molecular formula is C23H30BrN5O3. The number of alkyl carbamates (subject to hydrolysis) is 1. The number of likely N-dealkylation sites (tertiary alicyclic amines) is 1. The van der Waals surface area contributed by atoms with Crippen molar-refractivity contribution in [2.75, 3.05) is 18.4 Å². The number of nitrogens with one attached hydrogen (secondary N) is 2. The van der Waals surface area contributed by atoms with Gasteiger partial charge in [0.1, 0.15) is 17.7 Å². The summed E-state index contributed by atoms with van der Waals surface area (Å²) >= 11 is 3.45. The number of amides is 2. The van der Waals surface area contributed by atoms with Crippen LogP contribution in [0, 0.1) is 22.7 Å². The maximum absolute atomic E-state index is 13.1. The highest BCUT2D eigenvalue weighted by atomic mass is 79.9. The van der Waals surface area contributed by atoms with Gasteiger partial charge in [0.25, 0.3) is 0 Å². The second-order valence-corrected chi connectivity index (χ2v) is 9.60. The van der Waals surface area contributed by atoms with Crippen LogP contribution in [0.3, 0.4) is 0 Å². The van der Waals surface area contributed by atoms with E-state index in [4.69, 9.17) is 10.00 Å². The largest absolute Gasteiger partial charge is 0.444 e. The van der Waals surface area contributed by atoms with E-state index < -0.39 is 23.8 Å². The van der Waals surface area contributed by atoms with Gasteiger partial charge in [0, 0.05) is 23.2 Å². The molecule has 1 aliphatic rings. The molecule has 1 aromatic carbocycles. The van der Waals surface area contributed by atoms with Gasteiger partial charge in [-0.2, -0.15) is 10.5 Å². The molecule has 2 atom stereocenters. The summed E-state index contributed by atoms with van der Waals surface area (Å²) in [5.41, 5.74) is 0.797. The molecule has 9 heteroatoms. The number of anilines is 1. The van der Waals surface area contributed by atoms with Crippen molar-refractivity contribution >= 4 is 33.6 Å². The first-order valence-electron chi connectivity index (χ1n) is 10.8. The highest BCUT2D eigenvalue weighted by Crippen LogP contribution is 2.24. The van der Waals surface area contributed by atoms with E-state index in [0.717, 1.165) is 23.0 Å². The van der Waals surface area contributed by atoms with Gasteiger partial charge in [0.2, 0.25) is 5.91 Å². The van der Waals surface area contributed by atoms with Crippen LogP contribution < -0.4 is 10.6 Å². The summed E-state index contributed by atoms with van der Waals surface area (Å²) in [5.74, 6) is -0.234. The lowest BCUT2D eigenvalue weighted by Gasteiger charge is -2.27. The topological polar surface area (TPSA) is 118 Å². The number of hydrogen-bond acceptors (Lipinski definition) is 6. The predicted molar refractivity (Wildman–Crippen MR) is 125 cm³/mol. The fourth-order valence-electron chi connectivity index (χ4n) is 3.50. The molecule has 2 amide bonds. The Balaban J connectivity index is 1.92. The molecule has 0 saturated carbocycles. The zero-order valence-electron chi connectivity index (χ0n) is 18.8. The summed E-state index contributed by atoms with van der Waals surface area (Å²) in [7, 11) is 0. The minimum atomic E-state index is -0.736. The average molecular weight is 504 g/mol. The summed E-state index contributed by atoms with van der Waals surface area (Å²) in [5, 5.41) is 24.3. The summed E-state index contributed by atoms with van der Waals surface area (Å²) in [6, 6.07) is 8.43. The van der Waals surface area contributed by atoms with Crippen molar-refractivity contribution in [1.29, 1.82) is 10.5 Å². The number of nitrogens with zero attached hydrogens (tertiary/aromatic N) is 3. The van der Waals surface area contributed by atoms with E-state index in [1.165, 1.54) is 0 Å². The minimum Gasteiger partial charge on any atom is -0.444 e. The molecule has 0 bridgehead atoms. The van der Waals surface area contributed by atoms with Crippen LogP contribution in [-0.2, 0) is 9.53 Å². The maximum Gasteiger partial charge on any atom is 0.408 e. The Morgan fingerprint density at radius 2 is 2.06 bits per heavy atom. The Bertz CT molecular complexity index is 900. The van der Waals surface area contributed by atoms with Gasteiger partial charge in [-0.25, -0.2) is 4.79 Å². The second kappa shape index (κ2) is 11.7. The second-order valence-electron chi connectivity index (χ2n) is 8.75. The molecule has 8 nitrogen and oxygen atoms in total. The molecule has 1 saturated heterocycles. The van der Waals surface area contributed by atoms with Gasteiger partial charge in [0.05, 0.1) is 17.7 Å². The third-order valence-electron chi connectivity index (χ3n) is 5.01. The van der Waals surface area contributed by atoms with Crippen LogP contribution in [0.2, 0.25) is 0 Å². The van der Waals surface area contributed by atoms with E-state index in [0.29, 0.717) is 37.9 Å². The Labute approximate surface area is 198 Å². The average Bonchev–Trinajstić information content (AvgIpc) is 3.20.